The van der Waals surface area contributed by atoms with Crippen LogP contribution in [-0.2, 0) is 4.74 Å². The van der Waals surface area contributed by atoms with Crippen LogP contribution in [0.15, 0.2) is 18.2 Å². The largest absolute Gasteiger partial charge is 0.494 e. The lowest BCUT2D eigenvalue weighted by atomic mass is 10.0. The maximum Gasteiger partial charge on any atom is 0.165 e. The molecule has 0 aromatic heterocycles. The molecule has 1 rings (SSSR count). The highest BCUT2D eigenvalue weighted by Crippen LogP contribution is 2.24. The molecule has 0 saturated heterocycles. The van der Waals surface area contributed by atoms with E-state index in [9.17, 15) is 4.39 Å². The van der Waals surface area contributed by atoms with Gasteiger partial charge >= 0.3 is 0 Å². The third-order valence-electron chi connectivity index (χ3n) is 2.99. The Hall–Kier alpha value is -1.13. The highest BCUT2D eigenvalue weighted by atomic mass is 19.1. The van der Waals surface area contributed by atoms with Crippen LogP contribution < -0.4 is 10.1 Å². The van der Waals surface area contributed by atoms with Gasteiger partial charge < -0.3 is 14.8 Å². The Bertz CT molecular complexity index is 371. The summed E-state index contributed by atoms with van der Waals surface area (Å²) in [5, 5.41) is 3.37. The molecule has 0 aliphatic heterocycles. The summed E-state index contributed by atoms with van der Waals surface area (Å²) in [6.45, 7) is 4.93. The fraction of sp³-hybridized carbons (Fsp3) is 0.571. The van der Waals surface area contributed by atoms with Gasteiger partial charge in [0.25, 0.3) is 0 Å². The molecule has 3 nitrogen and oxygen atoms in total. The number of ether oxygens (including phenoxy) is 2. The first-order valence-electron chi connectivity index (χ1n) is 6.23. The standard InChI is InChI=1S/C14H22FNO2/c1-5-8-16-14(10(2)17-3)11-6-7-13(18-4)12(15)9-11/h6-7,9-10,14,16H,5,8H2,1-4H3. The lowest BCUT2D eigenvalue weighted by molar-refractivity contribution is 0.0829. The van der Waals surface area contributed by atoms with Gasteiger partial charge in [-0.05, 0) is 37.6 Å². The van der Waals surface area contributed by atoms with Crippen LogP contribution in [0.5, 0.6) is 5.75 Å². The number of nitrogens with one attached hydrogen (secondary N) is 1. The number of halogens is 1. The Morgan fingerprint density at radius 2 is 2.06 bits per heavy atom. The highest BCUT2D eigenvalue weighted by molar-refractivity contribution is 5.31. The molecule has 0 saturated carbocycles. The van der Waals surface area contributed by atoms with E-state index in [2.05, 4.69) is 12.2 Å². The SMILES string of the molecule is CCCNC(c1ccc(OC)c(F)c1)C(C)OC. The molecule has 4 heteroatoms. The summed E-state index contributed by atoms with van der Waals surface area (Å²) in [5.74, 6) is -0.0836. The Morgan fingerprint density at radius 1 is 1.33 bits per heavy atom. The molecule has 1 aromatic carbocycles. The van der Waals surface area contributed by atoms with E-state index in [0.717, 1.165) is 18.5 Å². The van der Waals surface area contributed by atoms with E-state index >= 15 is 0 Å². The maximum atomic E-state index is 13.7. The first-order valence-corrected chi connectivity index (χ1v) is 6.23. The van der Waals surface area contributed by atoms with E-state index in [1.54, 1.807) is 13.2 Å². The van der Waals surface area contributed by atoms with Crippen LogP contribution in [-0.4, -0.2) is 26.9 Å². The Morgan fingerprint density at radius 3 is 2.56 bits per heavy atom. The summed E-state index contributed by atoms with van der Waals surface area (Å²) >= 11 is 0. The highest BCUT2D eigenvalue weighted by Gasteiger charge is 2.19. The van der Waals surface area contributed by atoms with Gasteiger partial charge in [0.05, 0.1) is 19.3 Å². The second-order valence-electron chi connectivity index (χ2n) is 4.27. The van der Waals surface area contributed by atoms with Gasteiger partial charge in [-0.3, -0.25) is 0 Å². The molecular weight excluding hydrogens is 233 g/mol. The van der Waals surface area contributed by atoms with Crippen LogP contribution in [0.4, 0.5) is 4.39 Å². The quantitative estimate of drug-likeness (QED) is 0.812. The molecule has 2 atom stereocenters. The molecular formula is C14H22FNO2. The fourth-order valence-corrected chi connectivity index (χ4v) is 1.87. The zero-order chi connectivity index (χ0) is 13.5. The molecule has 0 radical (unpaired) electrons. The molecule has 2 unspecified atom stereocenters. The third kappa shape index (κ3) is 3.68. The fourth-order valence-electron chi connectivity index (χ4n) is 1.87. The second kappa shape index (κ2) is 7.34. The van der Waals surface area contributed by atoms with Crippen molar-refractivity contribution in [3.8, 4) is 5.75 Å². The first kappa shape index (κ1) is 14.9. The molecule has 0 amide bonds. The molecule has 1 aromatic rings. The summed E-state index contributed by atoms with van der Waals surface area (Å²) in [7, 11) is 3.12. The third-order valence-corrected chi connectivity index (χ3v) is 2.99. The van der Waals surface area contributed by atoms with Crippen LogP contribution in [0.2, 0.25) is 0 Å². The molecule has 0 spiro atoms. The Kier molecular flexibility index (Phi) is 6.09. The van der Waals surface area contributed by atoms with E-state index in [1.807, 2.05) is 13.0 Å². The van der Waals surface area contributed by atoms with Gasteiger partial charge in [-0.15, -0.1) is 0 Å². The number of benzene rings is 1. The van der Waals surface area contributed by atoms with Crippen molar-refractivity contribution in [2.24, 2.45) is 0 Å². The monoisotopic (exact) mass is 255 g/mol. The lowest BCUT2D eigenvalue weighted by Crippen LogP contribution is -2.32. The van der Waals surface area contributed by atoms with Crippen molar-refractivity contribution in [2.45, 2.75) is 32.4 Å². The number of hydrogen-bond acceptors (Lipinski definition) is 3. The molecule has 0 heterocycles. The van der Waals surface area contributed by atoms with Crippen LogP contribution in [0, 0.1) is 5.82 Å². The van der Waals surface area contributed by atoms with E-state index in [4.69, 9.17) is 9.47 Å². The predicted octanol–water partition coefficient (Wildman–Crippen LogP) is 2.91. The average Bonchev–Trinajstić information content (AvgIpc) is 2.39. The Labute approximate surface area is 108 Å². The normalized spacial score (nSPS) is 14.3. The van der Waals surface area contributed by atoms with E-state index in [1.165, 1.54) is 13.2 Å². The van der Waals surface area contributed by atoms with Crippen molar-refractivity contribution in [1.29, 1.82) is 0 Å². The number of methoxy groups -OCH3 is 2. The number of rotatable bonds is 7. The average molecular weight is 255 g/mol. The van der Waals surface area contributed by atoms with E-state index in [-0.39, 0.29) is 23.7 Å². The van der Waals surface area contributed by atoms with Crippen molar-refractivity contribution in [2.75, 3.05) is 20.8 Å². The van der Waals surface area contributed by atoms with Gasteiger partial charge in [0, 0.05) is 7.11 Å². The minimum absolute atomic E-state index is 0.0182. The molecule has 0 fully saturated rings. The topological polar surface area (TPSA) is 30.5 Å². The molecule has 0 aliphatic carbocycles. The minimum Gasteiger partial charge on any atom is -0.494 e. The van der Waals surface area contributed by atoms with Crippen molar-refractivity contribution in [1.82, 2.24) is 5.32 Å². The predicted molar refractivity (Wildman–Crippen MR) is 70.5 cm³/mol. The van der Waals surface area contributed by atoms with Crippen molar-refractivity contribution >= 4 is 0 Å². The minimum atomic E-state index is -0.346. The zero-order valence-corrected chi connectivity index (χ0v) is 11.5. The van der Waals surface area contributed by atoms with Gasteiger partial charge in [-0.25, -0.2) is 4.39 Å². The van der Waals surface area contributed by atoms with Crippen molar-refractivity contribution in [3.63, 3.8) is 0 Å². The van der Waals surface area contributed by atoms with Gasteiger partial charge in [-0.1, -0.05) is 13.0 Å². The molecule has 1 N–H and O–H groups in total. The van der Waals surface area contributed by atoms with Crippen LogP contribution in [0.3, 0.4) is 0 Å². The summed E-state index contributed by atoms with van der Waals surface area (Å²) in [4.78, 5) is 0. The summed E-state index contributed by atoms with van der Waals surface area (Å²) in [5.41, 5.74) is 0.871. The van der Waals surface area contributed by atoms with Gasteiger partial charge in [0.1, 0.15) is 0 Å². The Balaban J connectivity index is 2.93. The lowest BCUT2D eigenvalue weighted by Gasteiger charge is -2.24. The van der Waals surface area contributed by atoms with Gasteiger partial charge in [0.15, 0.2) is 11.6 Å². The van der Waals surface area contributed by atoms with Crippen molar-refractivity contribution in [3.05, 3.63) is 29.6 Å². The molecule has 0 aliphatic rings. The maximum absolute atomic E-state index is 13.7. The van der Waals surface area contributed by atoms with Gasteiger partial charge in [0.2, 0.25) is 0 Å². The summed E-state index contributed by atoms with van der Waals surface area (Å²) in [6.07, 6.45) is 0.996. The smallest absolute Gasteiger partial charge is 0.165 e. The van der Waals surface area contributed by atoms with E-state index < -0.39 is 0 Å². The van der Waals surface area contributed by atoms with E-state index in [0.29, 0.717) is 0 Å². The summed E-state index contributed by atoms with van der Waals surface area (Å²) < 4.78 is 24.0. The molecule has 18 heavy (non-hydrogen) atoms. The first-order chi connectivity index (χ1) is 8.63. The zero-order valence-electron chi connectivity index (χ0n) is 11.5. The summed E-state index contributed by atoms with van der Waals surface area (Å²) in [6, 6.07) is 5.00. The molecule has 102 valence electrons. The van der Waals surface area contributed by atoms with Crippen LogP contribution in [0.25, 0.3) is 0 Å². The number of hydrogen-bond donors (Lipinski definition) is 1. The van der Waals surface area contributed by atoms with Crippen molar-refractivity contribution < 1.29 is 13.9 Å². The second-order valence-corrected chi connectivity index (χ2v) is 4.27. The van der Waals surface area contributed by atoms with Crippen LogP contribution in [0.1, 0.15) is 31.9 Å². The van der Waals surface area contributed by atoms with Crippen LogP contribution >= 0.6 is 0 Å². The van der Waals surface area contributed by atoms with Gasteiger partial charge in [-0.2, -0.15) is 0 Å². The molecule has 0 bridgehead atoms.